The molecule has 0 aliphatic carbocycles. The number of hydrogen-bond donors (Lipinski definition) is 3. The van der Waals surface area contributed by atoms with Crippen molar-refractivity contribution in [1.29, 1.82) is 0 Å². The van der Waals surface area contributed by atoms with Crippen molar-refractivity contribution in [3.05, 3.63) is 58.5 Å². The Morgan fingerprint density at radius 3 is 1.53 bits per heavy atom. The SMILES string of the molecule is NS(=O)(=O)CCN1CCN(CCCCCCC(=O)c2cc(-c3cccs3)on2)CC1.NS(=O)(=O)CCN1CCNCC1.O=CCCCCCC(=O)c1cc(-c2cccs2)on1.[B]. The van der Waals surface area contributed by atoms with Crippen molar-refractivity contribution >= 4 is 69.0 Å². The van der Waals surface area contributed by atoms with Gasteiger partial charge in [-0.2, -0.15) is 0 Å². The molecule has 0 unspecified atom stereocenters. The van der Waals surface area contributed by atoms with Crippen LogP contribution in [0.4, 0.5) is 0 Å². The van der Waals surface area contributed by atoms with Crippen LogP contribution in [0.25, 0.3) is 21.3 Å². The van der Waals surface area contributed by atoms with Crippen molar-refractivity contribution in [3.63, 3.8) is 0 Å². The molecule has 0 saturated carbocycles. The van der Waals surface area contributed by atoms with Crippen LogP contribution in [0.1, 0.15) is 85.2 Å². The molecule has 2 aliphatic rings. The first-order valence-electron chi connectivity index (χ1n) is 20.7. The number of nitrogens with zero attached hydrogens (tertiary/aromatic N) is 5. The zero-order chi connectivity index (χ0) is 43.9. The number of piperazine rings is 2. The minimum atomic E-state index is -3.38. The first-order chi connectivity index (χ1) is 29.3. The molecule has 0 bridgehead atoms. The second kappa shape index (κ2) is 28.4. The number of nitrogens with one attached hydrogen (secondary N) is 1. The predicted octanol–water partition coefficient (Wildman–Crippen LogP) is 3.98. The van der Waals surface area contributed by atoms with E-state index < -0.39 is 20.0 Å². The molecule has 17 nitrogen and oxygen atoms in total. The molecule has 22 heteroatoms. The molecule has 0 spiro atoms. The van der Waals surface area contributed by atoms with Crippen LogP contribution in [0.2, 0.25) is 0 Å². The molecule has 4 aromatic heterocycles. The molecule has 0 aromatic carbocycles. The minimum absolute atomic E-state index is 0. The summed E-state index contributed by atoms with van der Waals surface area (Å²) in [5.74, 6) is 1.41. The monoisotopic (exact) mass is 935 g/mol. The number of primary sulfonamides is 2. The Morgan fingerprint density at radius 2 is 1.10 bits per heavy atom. The fraction of sp³-hybridized carbons (Fsp3) is 0.575. The van der Waals surface area contributed by atoms with E-state index in [0.29, 0.717) is 55.3 Å². The summed E-state index contributed by atoms with van der Waals surface area (Å²) in [7, 11) is -6.67. The van der Waals surface area contributed by atoms with E-state index in [9.17, 15) is 31.2 Å². The molecule has 4 aromatic rings. The van der Waals surface area contributed by atoms with Crippen LogP contribution in [0.5, 0.6) is 0 Å². The Balaban J connectivity index is 0.000000273. The summed E-state index contributed by atoms with van der Waals surface area (Å²) in [5, 5.41) is 24.8. The van der Waals surface area contributed by atoms with Crippen molar-refractivity contribution in [1.82, 2.24) is 30.3 Å². The molecule has 2 fully saturated rings. The molecule has 62 heavy (non-hydrogen) atoms. The lowest BCUT2D eigenvalue weighted by Crippen LogP contribution is -2.48. The van der Waals surface area contributed by atoms with Crippen LogP contribution in [-0.4, -0.2) is 152 Å². The quantitative estimate of drug-likeness (QED) is 0.0412. The van der Waals surface area contributed by atoms with E-state index in [1.54, 1.807) is 34.8 Å². The minimum Gasteiger partial charge on any atom is -0.355 e. The molecular formula is C40H60BN8O9S4. The Bertz CT molecular complexity index is 2080. The van der Waals surface area contributed by atoms with Gasteiger partial charge in [-0.25, -0.2) is 27.1 Å². The van der Waals surface area contributed by atoms with Gasteiger partial charge >= 0.3 is 0 Å². The zero-order valence-electron chi connectivity index (χ0n) is 35.2. The van der Waals surface area contributed by atoms with E-state index in [2.05, 4.69) is 30.3 Å². The lowest BCUT2D eigenvalue weighted by atomic mass is 10.1. The van der Waals surface area contributed by atoms with Crippen molar-refractivity contribution < 1.29 is 40.3 Å². The Morgan fingerprint density at radius 1 is 0.661 bits per heavy atom. The van der Waals surface area contributed by atoms with Crippen molar-refractivity contribution in [2.45, 2.75) is 64.2 Å². The van der Waals surface area contributed by atoms with Crippen molar-refractivity contribution in [2.75, 3.05) is 83.5 Å². The molecule has 0 atom stereocenters. The van der Waals surface area contributed by atoms with E-state index in [-0.39, 0.29) is 31.5 Å². The standard InChI is InChI=1S/C20H30N4O4S2.C14H15NO3S.C6H15N3O2S.B/c21-30(26,27)15-13-24-11-9-23(10-12-24)8-4-2-1-3-6-18(25)17-16-19(28-22-17)20-7-5-14-29-20;16-8-4-2-1-3-6-12(17)11-10-13(18-15-11)14-7-5-9-19-14;7-12(10,11)6-5-9-3-1-8-2-4-9;/h5,7,14,16H,1-4,6,8-13,15H2,(H2,21,26,27);5,7-10H,1-4,6H2;8H,1-6H2,(H2,7,10,11);. The number of hydrogen-bond acceptors (Lipinski definition) is 17. The van der Waals surface area contributed by atoms with E-state index >= 15 is 0 Å². The van der Waals surface area contributed by atoms with Crippen molar-refractivity contribution in [2.24, 2.45) is 10.3 Å². The summed E-state index contributed by atoms with van der Waals surface area (Å²) < 4.78 is 53.8. The molecule has 6 heterocycles. The lowest BCUT2D eigenvalue weighted by molar-refractivity contribution is -0.107. The summed E-state index contributed by atoms with van der Waals surface area (Å²) in [4.78, 5) is 42.9. The second-order valence-corrected chi connectivity index (χ2v) is 20.3. The number of aromatic nitrogens is 2. The second-order valence-electron chi connectivity index (χ2n) is 14.9. The Kier molecular flexibility index (Phi) is 24.2. The number of nitrogens with two attached hydrogens (primary N) is 2. The number of carbonyl (C=O) groups excluding carboxylic acids is 3. The van der Waals surface area contributed by atoms with Gasteiger partial charge in [-0.1, -0.05) is 41.7 Å². The average molecular weight is 936 g/mol. The fourth-order valence-corrected chi connectivity index (χ4v) is 8.86. The molecule has 2 aliphatic heterocycles. The number of carbonyl (C=O) groups is 3. The van der Waals surface area contributed by atoms with Gasteiger partial charge in [-0.15, -0.1) is 22.7 Å². The number of rotatable bonds is 23. The number of thiophene rings is 2. The third-order valence-electron chi connectivity index (χ3n) is 10.0. The highest BCUT2D eigenvalue weighted by atomic mass is 32.2. The maximum atomic E-state index is 12.3. The third-order valence-corrected chi connectivity index (χ3v) is 13.3. The van der Waals surface area contributed by atoms with Crippen LogP contribution in [-0.2, 0) is 24.8 Å². The molecule has 2 saturated heterocycles. The third kappa shape index (κ3) is 21.3. The average Bonchev–Trinajstić information content (AvgIpc) is 4.09. The number of aldehydes is 1. The highest BCUT2D eigenvalue weighted by Gasteiger charge is 2.19. The Labute approximate surface area is 375 Å². The maximum Gasteiger partial charge on any atom is 0.210 e. The molecular weight excluding hydrogens is 876 g/mol. The summed E-state index contributed by atoms with van der Waals surface area (Å²) in [6.45, 7) is 9.50. The highest BCUT2D eigenvalue weighted by Crippen LogP contribution is 2.27. The van der Waals surface area contributed by atoms with E-state index in [1.807, 2.05) is 35.0 Å². The first kappa shape index (κ1) is 52.9. The van der Waals surface area contributed by atoms with E-state index in [1.165, 1.54) is 0 Å². The summed E-state index contributed by atoms with van der Waals surface area (Å²) >= 11 is 3.11. The summed E-state index contributed by atoms with van der Waals surface area (Å²) in [6.07, 6.45) is 9.04. The number of ketones is 2. The van der Waals surface area contributed by atoms with Gasteiger partial charge in [0.25, 0.3) is 0 Å². The number of sulfonamides is 2. The molecule has 341 valence electrons. The highest BCUT2D eigenvalue weighted by molar-refractivity contribution is 7.89. The first-order valence-corrected chi connectivity index (χ1v) is 25.9. The largest absolute Gasteiger partial charge is 0.355 e. The van der Waals surface area contributed by atoms with E-state index in [0.717, 1.165) is 120 Å². The van der Waals surface area contributed by atoms with Crippen LogP contribution < -0.4 is 15.6 Å². The number of unbranched alkanes of at least 4 members (excludes halogenated alkanes) is 6. The van der Waals surface area contributed by atoms with Gasteiger partial charge in [0.1, 0.15) is 17.7 Å². The van der Waals surface area contributed by atoms with Gasteiger partial charge in [-0.05, 0) is 55.1 Å². The van der Waals surface area contributed by atoms with Crippen molar-refractivity contribution in [3.8, 4) is 21.3 Å². The van der Waals surface area contributed by atoms with Gasteiger partial charge in [0.2, 0.25) is 20.0 Å². The van der Waals surface area contributed by atoms with Gasteiger partial charge in [0.15, 0.2) is 23.1 Å². The Hall–Kier alpha value is -3.45. The van der Waals surface area contributed by atoms with Gasteiger partial charge in [0.05, 0.1) is 21.3 Å². The van der Waals surface area contributed by atoms with Gasteiger partial charge in [-0.3, -0.25) is 19.4 Å². The molecule has 0 amide bonds. The van der Waals surface area contributed by atoms with Crippen LogP contribution in [0, 0.1) is 0 Å². The number of Topliss-reactive ketones (excluding diaryl/α,β-unsaturated/α-hetero) is 2. The zero-order valence-corrected chi connectivity index (χ0v) is 38.5. The van der Waals surface area contributed by atoms with E-state index in [4.69, 9.17) is 19.3 Å². The summed E-state index contributed by atoms with van der Waals surface area (Å²) in [5.41, 5.74) is 0.803. The molecule has 3 radical (unpaired) electrons. The van der Waals surface area contributed by atoms with Crippen LogP contribution in [0.3, 0.4) is 0 Å². The lowest BCUT2D eigenvalue weighted by Gasteiger charge is -2.34. The fourth-order valence-electron chi connectivity index (χ4n) is 6.49. The maximum absolute atomic E-state index is 12.3. The normalized spacial score (nSPS) is 15.1. The summed E-state index contributed by atoms with van der Waals surface area (Å²) in [6, 6.07) is 11.2. The van der Waals surface area contributed by atoms with Crippen LogP contribution in [0.15, 0.2) is 56.2 Å². The van der Waals surface area contributed by atoms with Crippen LogP contribution >= 0.6 is 22.7 Å². The molecule has 6 rings (SSSR count). The topological polar surface area (TPSA) is 245 Å². The predicted molar refractivity (Wildman–Crippen MR) is 244 cm³/mol. The van der Waals surface area contributed by atoms with Gasteiger partial charge in [0, 0.05) is 105 Å². The van der Waals surface area contributed by atoms with Gasteiger partial charge < -0.3 is 24.1 Å². The molecule has 5 N–H and O–H groups in total. The smallest absolute Gasteiger partial charge is 0.210 e.